The largest absolute Gasteiger partial charge is 0.497 e. The predicted molar refractivity (Wildman–Crippen MR) is 65.2 cm³/mol. The van der Waals surface area contributed by atoms with Gasteiger partial charge in [0.2, 0.25) is 0 Å². The third-order valence-electron chi connectivity index (χ3n) is 2.05. The summed E-state index contributed by atoms with van der Waals surface area (Å²) in [5, 5.41) is 3.33. The van der Waals surface area contributed by atoms with Gasteiger partial charge in [0, 0.05) is 12.6 Å². The van der Waals surface area contributed by atoms with E-state index in [1.807, 2.05) is 18.2 Å². The van der Waals surface area contributed by atoms with Gasteiger partial charge in [-0.15, -0.1) is 0 Å². The summed E-state index contributed by atoms with van der Waals surface area (Å²) in [6.45, 7) is 5.17. The third kappa shape index (κ3) is 4.66. The lowest BCUT2D eigenvalue weighted by atomic mass is 10.2. The minimum atomic E-state index is 0.528. The Labute approximate surface area is 92.0 Å². The topological polar surface area (TPSA) is 21.3 Å². The van der Waals surface area contributed by atoms with Crippen LogP contribution in [-0.2, 0) is 0 Å². The van der Waals surface area contributed by atoms with E-state index in [0.717, 1.165) is 12.3 Å². The van der Waals surface area contributed by atoms with Crippen LogP contribution in [0.15, 0.2) is 30.3 Å². The normalized spacial score (nSPS) is 11.2. The Balaban J connectivity index is 2.49. The number of hydrogen-bond donors (Lipinski definition) is 1. The van der Waals surface area contributed by atoms with Crippen LogP contribution >= 0.6 is 0 Å². The van der Waals surface area contributed by atoms with Crippen molar-refractivity contribution in [3.63, 3.8) is 0 Å². The average Bonchev–Trinajstić information content (AvgIpc) is 2.24. The lowest BCUT2D eigenvalue weighted by Gasteiger charge is -2.03. The highest BCUT2D eigenvalue weighted by atomic mass is 16.5. The van der Waals surface area contributed by atoms with Gasteiger partial charge in [0.1, 0.15) is 5.75 Å². The van der Waals surface area contributed by atoms with Gasteiger partial charge < -0.3 is 10.1 Å². The quantitative estimate of drug-likeness (QED) is 0.798. The van der Waals surface area contributed by atoms with Crippen LogP contribution in [0.3, 0.4) is 0 Å². The van der Waals surface area contributed by atoms with Crippen molar-refractivity contribution in [2.24, 2.45) is 0 Å². The maximum Gasteiger partial charge on any atom is 0.119 e. The molecule has 0 aliphatic rings. The van der Waals surface area contributed by atoms with Crippen molar-refractivity contribution in [2.75, 3.05) is 13.7 Å². The highest BCUT2D eigenvalue weighted by Crippen LogP contribution is 2.13. The van der Waals surface area contributed by atoms with Gasteiger partial charge in [-0.05, 0) is 17.7 Å². The Morgan fingerprint density at radius 2 is 2.20 bits per heavy atom. The van der Waals surface area contributed by atoms with Gasteiger partial charge in [0.15, 0.2) is 0 Å². The summed E-state index contributed by atoms with van der Waals surface area (Å²) in [5.74, 6) is 0.897. The molecular formula is C13H19NO. The van der Waals surface area contributed by atoms with Crippen molar-refractivity contribution in [1.82, 2.24) is 5.32 Å². The highest BCUT2D eigenvalue weighted by molar-refractivity contribution is 5.51. The van der Waals surface area contributed by atoms with E-state index in [9.17, 15) is 0 Å². The zero-order chi connectivity index (χ0) is 11.1. The Morgan fingerprint density at radius 3 is 2.87 bits per heavy atom. The van der Waals surface area contributed by atoms with E-state index in [4.69, 9.17) is 4.74 Å². The fraction of sp³-hybridized carbons (Fsp3) is 0.385. The SMILES string of the molecule is COc1cccc(C=CCNC(C)C)c1. The Kier molecular flexibility index (Phi) is 4.91. The maximum absolute atomic E-state index is 5.15. The van der Waals surface area contributed by atoms with Gasteiger partial charge in [0.05, 0.1) is 7.11 Å². The fourth-order valence-corrected chi connectivity index (χ4v) is 1.24. The van der Waals surface area contributed by atoms with E-state index in [1.54, 1.807) is 7.11 Å². The van der Waals surface area contributed by atoms with Crippen LogP contribution in [0.4, 0.5) is 0 Å². The highest BCUT2D eigenvalue weighted by Gasteiger charge is 1.91. The molecule has 0 atom stereocenters. The van der Waals surface area contributed by atoms with Gasteiger partial charge in [-0.1, -0.05) is 38.1 Å². The van der Waals surface area contributed by atoms with E-state index in [0.29, 0.717) is 6.04 Å². The molecule has 0 aliphatic carbocycles. The third-order valence-corrected chi connectivity index (χ3v) is 2.05. The first-order chi connectivity index (χ1) is 7.22. The summed E-state index contributed by atoms with van der Waals surface area (Å²) in [4.78, 5) is 0. The molecule has 0 saturated heterocycles. The van der Waals surface area contributed by atoms with Crippen molar-refractivity contribution in [1.29, 1.82) is 0 Å². The molecule has 0 saturated carbocycles. The van der Waals surface area contributed by atoms with E-state index in [1.165, 1.54) is 5.56 Å². The molecule has 1 aromatic rings. The zero-order valence-corrected chi connectivity index (χ0v) is 9.66. The number of hydrogen-bond acceptors (Lipinski definition) is 2. The summed E-state index contributed by atoms with van der Waals surface area (Å²) in [5.41, 5.74) is 1.17. The second kappa shape index (κ2) is 6.25. The van der Waals surface area contributed by atoms with Crippen LogP contribution < -0.4 is 10.1 Å². The Bertz CT molecular complexity index is 318. The van der Waals surface area contributed by atoms with Crippen molar-refractivity contribution in [2.45, 2.75) is 19.9 Å². The molecular weight excluding hydrogens is 186 g/mol. The smallest absolute Gasteiger partial charge is 0.119 e. The maximum atomic E-state index is 5.15. The van der Waals surface area contributed by atoms with Gasteiger partial charge in [-0.3, -0.25) is 0 Å². The molecule has 15 heavy (non-hydrogen) atoms. The number of ether oxygens (including phenoxy) is 1. The summed E-state index contributed by atoms with van der Waals surface area (Å²) in [6.07, 6.45) is 4.21. The van der Waals surface area contributed by atoms with Gasteiger partial charge in [-0.2, -0.15) is 0 Å². The molecule has 0 aliphatic heterocycles. The van der Waals surface area contributed by atoms with Crippen LogP contribution in [0, 0.1) is 0 Å². The molecule has 0 heterocycles. The Morgan fingerprint density at radius 1 is 1.40 bits per heavy atom. The Hall–Kier alpha value is -1.28. The number of rotatable bonds is 5. The molecule has 1 rings (SSSR count). The van der Waals surface area contributed by atoms with E-state index in [2.05, 4.69) is 37.4 Å². The second-order valence-corrected chi connectivity index (χ2v) is 3.74. The standard InChI is InChI=1S/C13H19NO/c1-11(2)14-9-5-7-12-6-4-8-13(10-12)15-3/h4-8,10-11,14H,9H2,1-3H3. The summed E-state index contributed by atoms with van der Waals surface area (Å²) >= 11 is 0. The molecule has 0 spiro atoms. The van der Waals surface area contributed by atoms with Gasteiger partial charge >= 0.3 is 0 Å². The summed E-state index contributed by atoms with van der Waals surface area (Å²) in [6, 6.07) is 8.55. The lowest BCUT2D eigenvalue weighted by Crippen LogP contribution is -2.22. The molecule has 0 radical (unpaired) electrons. The van der Waals surface area contributed by atoms with Crippen LogP contribution in [0.5, 0.6) is 5.75 Å². The number of nitrogens with one attached hydrogen (secondary N) is 1. The molecule has 0 unspecified atom stereocenters. The van der Waals surface area contributed by atoms with Crippen molar-refractivity contribution < 1.29 is 4.74 Å². The van der Waals surface area contributed by atoms with Crippen LogP contribution in [0.2, 0.25) is 0 Å². The van der Waals surface area contributed by atoms with E-state index < -0.39 is 0 Å². The molecule has 82 valence electrons. The number of methoxy groups -OCH3 is 1. The molecule has 2 nitrogen and oxygen atoms in total. The lowest BCUT2D eigenvalue weighted by molar-refractivity contribution is 0.414. The second-order valence-electron chi connectivity index (χ2n) is 3.74. The molecule has 0 bridgehead atoms. The van der Waals surface area contributed by atoms with Crippen molar-refractivity contribution >= 4 is 6.08 Å². The molecule has 1 aromatic carbocycles. The number of benzene rings is 1. The van der Waals surface area contributed by atoms with E-state index >= 15 is 0 Å². The van der Waals surface area contributed by atoms with Crippen molar-refractivity contribution in [3.05, 3.63) is 35.9 Å². The predicted octanol–water partition coefficient (Wildman–Crippen LogP) is 2.71. The van der Waals surface area contributed by atoms with Crippen molar-refractivity contribution in [3.8, 4) is 5.75 Å². The minimum Gasteiger partial charge on any atom is -0.497 e. The van der Waals surface area contributed by atoms with Crippen LogP contribution in [0.1, 0.15) is 19.4 Å². The molecule has 0 amide bonds. The monoisotopic (exact) mass is 205 g/mol. The fourth-order valence-electron chi connectivity index (χ4n) is 1.24. The van der Waals surface area contributed by atoms with Gasteiger partial charge in [-0.25, -0.2) is 0 Å². The molecule has 0 aromatic heterocycles. The van der Waals surface area contributed by atoms with Crippen LogP contribution in [-0.4, -0.2) is 19.7 Å². The van der Waals surface area contributed by atoms with E-state index in [-0.39, 0.29) is 0 Å². The summed E-state index contributed by atoms with van der Waals surface area (Å²) < 4.78 is 5.15. The minimum absolute atomic E-state index is 0.528. The molecule has 0 fully saturated rings. The molecule has 1 N–H and O–H groups in total. The summed E-state index contributed by atoms with van der Waals surface area (Å²) in [7, 11) is 1.68. The van der Waals surface area contributed by atoms with Gasteiger partial charge in [0.25, 0.3) is 0 Å². The van der Waals surface area contributed by atoms with Crippen LogP contribution in [0.25, 0.3) is 6.08 Å². The first-order valence-electron chi connectivity index (χ1n) is 5.26. The molecule has 2 heteroatoms. The first-order valence-corrected chi connectivity index (χ1v) is 5.26. The zero-order valence-electron chi connectivity index (χ0n) is 9.66. The average molecular weight is 205 g/mol. The first kappa shape index (κ1) is 11.8.